The topological polar surface area (TPSA) is 114 Å². The average Bonchev–Trinajstić information content (AvgIpc) is 2.72. The molecular weight excluding hydrogens is 408 g/mol. The van der Waals surface area contributed by atoms with E-state index < -0.39 is 11.1 Å². The second-order valence-electron chi connectivity index (χ2n) is 6.71. The number of rotatable bonds is 4. The smallest absolute Gasteiger partial charge is 0.269 e. The van der Waals surface area contributed by atoms with Crippen LogP contribution in [0.25, 0.3) is 0 Å². The lowest BCUT2D eigenvalue weighted by Crippen LogP contribution is -2.48. The van der Waals surface area contributed by atoms with Crippen LogP contribution in [0.5, 0.6) is 0 Å². The molecule has 0 saturated carbocycles. The van der Waals surface area contributed by atoms with Gasteiger partial charge in [0, 0.05) is 34.5 Å². The summed E-state index contributed by atoms with van der Waals surface area (Å²) in [5, 5.41) is 17.7. The molecular formula is C20H17ClN6O3. The molecule has 0 amide bonds. The van der Waals surface area contributed by atoms with Crippen LogP contribution < -0.4 is 16.2 Å². The number of hydrogen-bond donors (Lipinski definition) is 2. The number of nitro groups is 1. The summed E-state index contributed by atoms with van der Waals surface area (Å²) >= 11 is 6.35. The molecule has 0 radical (unpaired) electrons. The summed E-state index contributed by atoms with van der Waals surface area (Å²) < 4.78 is 1.36. The van der Waals surface area contributed by atoms with Crippen LogP contribution in [0.1, 0.15) is 23.0 Å². The fourth-order valence-corrected chi connectivity index (χ4v) is 3.41. The van der Waals surface area contributed by atoms with E-state index in [4.69, 9.17) is 11.6 Å². The van der Waals surface area contributed by atoms with Crippen LogP contribution in [-0.4, -0.2) is 20.4 Å². The Morgan fingerprint density at radius 3 is 2.73 bits per heavy atom. The second kappa shape index (κ2) is 7.96. The third-order valence-electron chi connectivity index (χ3n) is 4.59. The minimum absolute atomic E-state index is 0.132. The molecule has 0 fully saturated rings. The maximum absolute atomic E-state index is 12.7. The number of non-ortho nitro benzene ring substituents is 1. The van der Waals surface area contributed by atoms with Gasteiger partial charge in [-0.25, -0.2) is 9.98 Å². The summed E-state index contributed by atoms with van der Waals surface area (Å²) in [6.45, 7) is 2.10. The number of hydrogen-bond acceptors (Lipinski definition) is 5. The lowest BCUT2D eigenvalue weighted by molar-refractivity contribution is -0.384. The zero-order chi connectivity index (χ0) is 21.3. The molecule has 0 bridgehead atoms. The fourth-order valence-electron chi connectivity index (χ4n) is 3.19. The Morgan fingerprint density at radius 2 is 2.00 bits per heavy atom. The van der Waals surface area contributed by atoms with Crippen molar-refractivity contribution in [3.05, 3.63) is 96.9 Å². The van der Waals surface area contributed by atoms with Crippen LogP contribution in [0.3, 0.4) is 0 Å². The van der Waals surface area contributed by atoms with Gasteiger partial charge in [-0.3, -0.25) is 24.8 Å². The highest BCUT2D eigenvalue weighted by molar-refractivity contribution is 6.31. The third-order valence-corrected chi connectivity index (χ3v) is 4.93. The molecule has 0 spiro atoms. The fraction of sp³-hybridized carbons (Fsp3) is 0.150. The molecule has 1 aliphatic heterocycles. The Kier molecular flexibility index (Phi) is 5.20. The van der Waals surface area contributed by atoms with E-state index in [2.05, 4.69) is 20.6 Å². The van der Waals surface area contributed by atoms with Crippen molar-refractivity contribution in [2.24, 2.45) is 4.99 Å². The van der Waals surface area contributed by atoms with Crippen molar-refractivity contribution < 1.29 is 4.92 Å². The molecule has 1 aromatic heterocycles. The average molecular weight is 425 g/mol. The number of fused-ring (bicyclic) bond motifs is 1. The normalized spacial score (nSPS) is 16.5. The summed E-state index contributed by atoms with van der Waals surface area (Å²) in [6.07, 6.45) is -0.816. The van der Waals surface area contributed by atoms with Gasteiger partial charge in [0.15, 0.2) is 5.96 Å². The zero-order valence-electron chi connectivity index (χ0n) is 15.9. The molecule has 2 aromatic carbocycles. The predicted octanol–water partition coefficient (Wildman–Crippen LogP) is 3.23. The Morgan fingerprint density at radius 1 is 1.23 bits per heavy atom. The minimum atomic E-state index is -0.816. The van der Waals surface area contributed by atoms with Crippen molar-refractivity contribution in [1.82, 2.24) is 14.9 Å². The molecule has 30 heavy (non-hydrogen) atoms. The Bertz CT molecular complexity index is 1210. The van der Waals surface area contributed by atoms with Crippen molar-refractivity contribution >= 4 is 29.2 Å². The summed E-state index contributed by atoms with van der Waals surface area (Å²) in [7, 11) is 0. The number of nitro benzene ring substituents is 1. The number of nitrogens with one attached hydrogen (secondary N) is 2. The molecule has 152 valence electrons. The van der Waals surface area contributed by atoms with Crippen LogP contribution in [0, 0.1) is 17.0 Å². The van der Waals surface area contributed by atoms with Gasteiger partial charge < -0.3 is 5.32 Å². The van der Waals surface area contributed by atoms with E-state index in [1.807, 2.05) is 30.3 Å². The van der Waals surface area contributed by atoms with E-state index in [-0.39, 0.29) is 22.2 Å². The lowest BCUT2D eigenvalue weighted by Gasteiger charge is -2.31. The SMILES string of the molecule is Cc1cc(=O)n2c(n1)NC(=NCc1ccccc1)NC2c1cc([N+](=O)[O-])ccc1Cl. The molecule has 3 aromatic rings. The van der Waals surface area contributed by atoms with Gasteiger partial charge in [0.05, 0.1) is 11.5 Å². The van der Waals surface area contributed by atoms with Crippen LogP contribution in [-0.2, 0) is 6.54 Å². The van der Waals surface area contributed by atoms with Crippen molar-refractivity contribution in [2.45, 2.75) is 19.6 Å². The molecule has 4 rings (SSSR count). The standard InChI is InChI=1S/C20H17ClN6O3/c1-12-9-17(28)26-18(15-10-14(27(29)30)7-8-16(15)21)24-19(25-20(26)23-12)22-11-13-5-3-2-4-6-13/h2-10,18H,11H2,1H3,(H2,22,23,24,25). The summed E-state index contributed by atoms with van der Waals surface area (Å²) in [6, 6.07) is 15.1. The maximum Gasteiger partial charge on any atom is 0.269 e. The first-order chi connectivity index (χ1) is 14.4. The Labute approximate surface area is 176 Å². The van der Waals surface area contributed by atoms with Gasteiger partial charge in [-0.2, -0.15) is 0 Å². The van der Waals surface area contributed by atoms with Crippen molar-refractivity contribution in [3.8, 4) is 0 Å². The van der Waals surface area contributed by atoms with Gasteiger partial charge in [-0.1, -0.05) is 41.9 Å². The number of aryl methyl sites for hydroxylation is 1. The van der Waals surface area contributed by atoms with Crippen LogP contribution in [0.4, 0.5) is 11.6 Å². The van der Waals surface area contributed by atoms with Crippen LogP contribution in [0.15, 0.2) is 64.4 Å². The maximum atomic E-state index is 12.7. The Hall–Kier alpha value is -3.72. The molecule has 9 nitrogen and oxygen atoms in total. The molecule has 2 N–H and O–H groups in total. The molecule has 1 aliphatic rings. The number of halogens is 1. The van der Waals surface area contributed by atoms with Crippen molar-refractivity contribution in [1.29, 1.82) is 0 Å². The zero-order valence-corrected chi connectivity index (χ0v) is 16.6. The molecule has 0 saturated heterocycles. The number of benzene rings is 2. The van der Waals surface area contributed by atoms with Gasteiger partial charge in [0.1, 0.15) is 6.17 Å². The van der Waals surface area contributed by atoms with E-state index in [9.17, 15) is 14.9 Å². The first-order valence-corrected chi connectivity index (χ1v) is 9.46. The molecule has 2 heterocycles. The number of aromatic nitrogens is 2. The number of anilines is 1. The highest BCUT2D eigenvalue weighted by Gasteiger charge is 2.29. The van der Waals surface area contributed by atoms with E-state index in [1.165, 1.54) is 28.8 Å². The van der Waals surface area contributed by atoms with Crippen molar-refractivity contribution in [3.63, 3.8) is 0 Å². The second-order valence-corrected chi connectivity index (χ2v) is 7.12. The molecule has 1 atom stereocenters. The summed E-state index contributed by atoms with van der Waals surface area (Å²) in [5.41, 5.74) is 1.44. The quantitative estimate of drug-likeness (QED) is 0.491. The summed E-state index contributed by atoms with van der Waals surface area (Å²) in [4.78, 5) is 32.4. The lowest BCUT2D eigenvalue weighted by atomic mass is 10.1. The molecule has 10 heteroatoms. The third kappa shape index (κ3) is 3.87. The van der Waals surface area contributed by atoms with Crippen molar-refractivity contribution in [2.75, 3.05) is 5.32 Å². The first-order valence-electron chi connectivity index (χ1n) is 9.08. The van der Waals surface area contributed by atoms with E-state index in [1.54, 1.807) is 6.92 Å². The van der Waals surface area contributed by atoms with Gasteiger partial charge in [-0.15, -0.1) is 0 Å². The largest absolute Gasteiger partial charge is 0.331 e. The van der Waals surface area contributed by atoms with Gasteiger partial charge in [0.2, 0.25) is 5.95 Å². The van der Waals surface area contributed by atoms with E-state index in [0.29, 0.717) is 23.8 Å². The number of nitrogens with zero attached hydrogens (tertiary/aromatic N) is 4. The minimum Gasteiger partial charge on any atom is -0.331 e. The van der Waals surface area contributed by atoms with Gasteiger partial charge in [-0.05, 0) is 18.6 Å². The van der Waals surface area contributed by atoms with E-state index in [0.717, 1.165) is 5.56 Å². The number of guanidine groups is 1. The monoisotopic (exact) mass is 424 g/mol. The van der Waals surface area contributed by atoms with Gasteiger partial charge >= 0.3 is 0 Å². The number of aliphatic imine (C=N–C) groups is 1. The molecule has 0 aliphatic carbocycles. The van der Waals surface area contributed by atoms with Crippen LogP contribution in [0.2, 0.25) is 5.02 Å². The van der Waals surface area contributed by atoms with E-state index >= 15 is 0 Å². The molecule has 1 unspecified atom stereocenters. The highest BCUT2D eigenvalue weighted by Crippen LogP contribution is 2.30. The van der Waals surface area contributed by atoms with Crippen LogP contribution >= 0.6 is 11.6 Å². The highest BCUT2D eigenvalue weighted by atomic mass is 35.5. The first kappa shape index (κ1) is 19.6. The summed E-state index contributed by atoms with van der Waals surface area (Å²) in [5.74, 6) is 0.655. The van der Waals surface area contributed by atoms with Gasteiger partial charge in [0.25, 0.3) is 11.2 Å². The predicted molar refractivity (Wildman–Crippen MR) is 114 cm³/mol. The Balaban J connectivity index is 1.80.